The number of aromatic nitrogens is 2. The molecule has 0 saturated carbocycles. The van der Waals surface area contributed by atoms with Crippen molar-refractivity contribution >= 4 is 16.7 Å². The van der Waals surface area contributed by atoms with Crippen molar-refractivity contribution in [3.63, 3.8) is 0 Å². The van der Waals surface area contributed by atoms with Crippen molar-refractivity contribution in [3.8, 4) is 0 Å². The van der Waals surface area contributed by atoms with E-state index in [0.29, 0.717) is 12.1 Å². The van der Waals surface area contributed by atoms with Crippen LogP contribution >= 0.6 is 0 Å². The van der Waals surface area contributed by atoms with E-state index >= 15 is 0 Å². The number of aryl methyl sites for hydroxylation is 1. The van der Waals surface area contributed by atoms with Gasteiger partial charge in [-0.05, 0) is 18.6 Å². The van der Waals surface area contributed by atoms with Gasteiger partial charge in [0.2, 0.25) is 0 Å². The molecule has 2 unspecified atom stereocenters. The molecule has 2 atom stereocenters. The summed E-state index contributed by atoms with van der Waals surface area (Å²) in [5, 5.41) is 0. The lowest BCUT2D eigenvalue weighted by atomic mass is 10.2. The van der Waals surface area contributed by atoms with Crippen LogP contribution in [0.1, 0.15) is 6.42 Å². The summed E-state index contributed by atoms with van der Waals surface area (Å²) >= 11 is 0. The lowest BCUT2D eigenvalue weighted by molar-refractivity contribution is 0.0992. The van der Waals surface area contributed by atoms with Gasteiger partial charge in [0.25, 0.3) is 0 Å². The summed E-state index contributed by atoms with van der Waals surface area (Å²) in [5.74, 6) is 0. The predicted molar refractivity (Wildman–Crippen MR) is 66.2 cm³/mol. The summed E-state index contributed by atoms with van der Waals surface area (Å²) in [7, 11) is 2.04. The number of imidazole rings is 1. The van der Waals surface area contributed by atoms with E-state index in [-0.39, 0.29) is 0 Å². The maximum Gasteiger partial charge on any atom is 0.112 e. The Bertz CT molecular complexity index is 577. The number of benzene rings is 1. The molecular formula is C13H15N3O. The molecule has 2 aromatic rings. The van der Waals surface area contributed by atoms with E-state index in [0.717, 1.165) is 18.7 Å². The number of hydrogen-bond donors (Lipinski definition) is 0. The second-order valence-electron chi connectivity index (χ2n) is 5.00. The van der Waals surface area contributed by atoms with Crippen LogP contribution in [0.25, 0.3) is 11.0 Å². The second-order valence-corrected chi connectivity index (χ2v) is 5.00. The van der Waals surface area contributed by atoms with Crippen LogP contribution < -0.4 is 4.90 Å². The van der Waals surface area contributed by atoms with Crippen LogP contribution in [0.5, 0.6) is 0 Å². The second kappa shape index (κ2) is 3.23. The van der Waals surface area contributed by atoms with Crippen molar-refractivity contribution in [2.24, 2.45) is 7.05 Å². The Kier molecular flexibility index (Phi) is 1.80. The first-order valence-corrected chi connectivity index (χ1v) is 6.11. The first-order chi connectivity index (χ1) is 8.33. The van der Waals surface area contributed by atoms with E-state index in [1.807, 2.05) is 13.4 Å². The molecular weight excluding hydrogens is 214 g/mol. The molecule has 2 saturated heterocycles. The molecule has 88 valence electrons. The standard InChI is InChI=1S/C13H15N3O/c1-15-8-14-13-11(15)3-2-4-12(13)16-6-10-5-9(16)7-17-10/h2-4,8-10H,5-7H2,1H3. The summed E-state index contributed by atoms with van der Waals surface area (Å²) in [6.07, 6.45) is 3.49. The lowest BCUT2D eigenvalue weighted by Crippen LogP contribution is -2.37. The van der Waals surface area contributed by atoms with E-state index in [4.69, 9.17) is 4.74 Å². The number of hydrogen-bond acceptors (Lipinski definition) is 3. The van der Waals surface area contributed by atoms with Gasteiger partial charge in [-0.15, -0.1) is 0 Å². The molecule has 0 aliphatic carbocycles. The Balaban J connectivity index is 1.85. The van der Waals surface area contributed by atoms with Gasteiger partial charge in [0.1, 0.15) is 5.52 Å². The average Bonchev–Trinajstić information content (AvgIpc) is 3.04. The molecule has 2 bridgehead atoms. The van der Waals surface area contributed by atoms with E-state index in [1.54, 1.807) is 0 Å². The van der Waals surface area contributed by atoms with Gasteiger partial charge < -0.3 is 14.2 Å². The molecule has 4 nitrogen and oxygen atoms in total. The summed E-state index contributed by atoms with van der Waals surface area (Å²) < 4.78 is 7.73. The van der Waals surface area contributed by atoms with Gasteiger partial charge in [-0.1, -0.05) is 6.07 Å². The molecule has 4 heteroatoms. The predicted octanol–water partition coefficient (Wildman–Crippen LogP) is 1.55. The van der Waals surface area contributed by atoms with E-state index in [9.17, 15) is 0 Å². The molecule has 2 fully saturated rings. The minimum atomic E-state index is 0.430. The van der Waals surface area contributed by atoms with Crippen molar-refractivity contribution in [1.29, 1.82) is 0 Å². The van der Waals surface area contributed by atoms with Crippen LogP contribution in [0.4, 0.5) is 5.69 Å². The summed E-state index contributed by atoms with van der Waals surface area (Å²) in [6, 6.07) is 6.96. The quantitative estimate of drug-likeness (QED) is 0.743. The van der Waals surface area contributed by atoms with Crippen molar-refractivity contribution in [2.75, 3.05) is 18.1 Å². The van der Waals surface area contributed by atoms with E-state index in [2.05, 4.69) is 32.7 Å². The van der Waals surface area contributed by atoms with E-state index < -0.39 is 0 Å². The van der Waals surface area contributed by atoms with Gasteiger partial charge in [0.15, 0.2) is 0 Å². The lowest BCUT2D eigenvalue weighted by Gasteiger charge is -2.29. The number of anilines is 1. The highest BCUT2D eigenvalue weighted by atomic mass is 16.5. The smallest absolute Gasteiger partial charge is 0.112 e. The highest BCUT2D eigenvalue weighted by Gasteiger charge is 2.39. The van der Waals surface area contributed by atoms with Gasteiger partial charge in [-0.2, -0.15) is 0 Å². The fourth-order valence-electron chi connectivity index (χ4n) is 3.07. The molecule has 2 aliphatic heterocycles. The zero-order valence-electron chi connectivity index (χ0n) is 9.84. The zero-order valence-corrected chi connectivity index (χ0v) is 9.84. The van der Waals surface area contributed by atoms with Crippen LogP contribution in [0.15, 0.2) is 24.5 Å². The van der Waals surface area contributed by atoms with Crippen LogP contribution in [-0.2, 0) is 11.8 Å². The zero-order chi connectivity index (χ0) is 11.4. The fraction of sp³-hybridized carbons (Fsp3) is 0.462. The minimum absolute atomic E-state index is 0.430. The van der Waals surface area contributed by atoms with Crippen molar-refractivity contribution in [3.05, 3.63) is 24.5 Å². The minimum Gasteiger partial charge on any atom is -0.374 e. The third-order valence-electron chi connectivity index (χ3n) is 3.94. The monoisotopic (exact) mass is 229 g/mol. The maximum absolute atomic E-state index is 5.65. The number of fused-ring (bicyclic) bond motifs is 3. The normalized spacial score (nSPS) is 27.2. The Morgan fingerprint density at radius 3 is 3.12 bits per heavy atom. The molecule has 3 heterocycles. The topological polar surface area (TPSA) is 30.3 Å². The van der Waals surface area contributed by atoms with Gasteiger partial charge in [0, 0.05) is 13.6 Å². The molecule has 2 aliphatic rings. The number of nitrogens with zero attached hydrogens (tertiary/aromatic N) is 3. The third-order valence-corrected chi connectivity index (χ3v) is 3.94. The molecule has 1 aromatic heterocycles. The van der Waals surface area contributed by atoms with Gasteiger partial charge in [0.05, 0.1) is 36.3 Å². The molecule has 0 radical (unpaired) electrons. The first-order valence-electron chi connectivity index (χ1n) is 6.11. The fourth-order valence-corrected chi connectivity index (χ4v) is 3.07. The highest BCUT2D eigenvalue weighted by molar-refractivity contribution is 5.89. The number of para-hydroxylation sites is 1. The van der Waals surface area contributed by atoms with Crippen molar-refractivity contribution < 1.29 is 4.74 Å². The molecule has 1 aromatic carbocycles. The molecule has 0 spiro atoms. The molecule has 0 amide bonds. The highest BCUT2D eigenvalue weighted by Crippen LogP contribution is 2.35. The Morgan fingerprint density at radius 1 is 1.41 bits per heavy atom. The molecule has 4 rings (SSSR count). The van der Waals surface area contributed by atoms with Gasteiger partial charge in [-0.3, -0.25) is 0 Å². The van der Waals surface area contributed by atoms with Crippen molar-refractivity contribution in [2.45, 2.75) is 18.6 Å². The Morgan fingerprint density at radius 2 is 2.35 bits per heavy atom. The SMILES string of the molecule is Cn1cnc2c(N3CC4CC3CO4)cccc21. The number of morpholine rings is 1. The van der Waals surface area contributed by atoms with E-state index in [1.165, 1.54) is 17.6 Å². The third kappa shape index (κ3) is 1.24. The summed E-state index contributed by atoms with van der Waals surface area (Å²) in [4.78, 5) is 6.99. The first kappa shape index (κ1) is 9.48. The summed E-state index contributed by atoms with van der Waals surface area (Å²) in [5.41, 5.74) is 3.58. The van der Waals surface area contributed by atoms with Crippen LogP contribution in [-0.4, -0.2) is 34.8 Å². The largest absolute Gasteiger partial charge is 0.374 e. The van der Waals surface area contributed by atoms with Gasteiger partial charge in [-0.25, -0.2) is 4.98 Å². The summed E-state index contributed by atoms with van der Waals surface area (Å²) in [6.45, 7) is 1.88. The van der Waals surface area contributed by atoms with Crippen LogP contribution in [0, 0.1) is 0 Å². The Hall–Kier alpha value is -1.55. The number of rotatable bonds is 1. The number of ether oxygens (including phenoxy) is 1. The van der Waals surface area contributed by atoms with Crippen LogP contribution in [0.3, 0.4) is 0 Å². The molecule has 17 heavy (non-hydrogen) atoms. The van der Waals surface area contributed by atoms with Gasteiger partial charge >= 0.3 is 0 Å². The maximum atomic E-state index is 5.65. The average molecular weight is 229 g/mol. The Labute approximate surface area is 99.8 Å². The van der Waals surface area contributed by atoms with Crippen LogP contribution in [0.2, 0.25) is 0 Å². The molecule has 0 N–H and O–H groups in total. The van der Waals surface area contributed by atoms with Crippen molar-refractivity contribution in [1.82, 2.24) is 9.55 Å².